The summed E-state index contributed by atoms with van der Waals surface area (Å²) in [6, 6.07) is 8.94. The number of hydrogen-bond acceptors (Lipinski definition) is 3. The minimum atomic E-state index is -0.504. The van der Waals surface area contributed by atoms with Crippen LogP contribution in [0.1, 0.15) is 0 Å². The highest BCUT2D eigenvalue weighted by Crippen LogP contribution is 2.16. The van der Waals surface area contributed by atoms with E-state index in [1.807, 2.05) is 30.3 Å². The minimum Gasteiger partial charge on any atom is -0.370 e. The van der Waals surface area contributed by atoms with Crippen LogP contribution in [0, 0.1) is 11.3 Å². The highest BCUT2D eigenvalue weighted by atomic mass is 79.9. The Bertz CT molecular complexity index is 419. The van der Waals surface area contributed by atoms with Gasteiger partial charge in [-0.3, -0.25) is 0 Å². The zero-order chi connectivity index (χ0) is 11.1. The zero-order valence-corrected chi connectivity index (χ0v) is 9.35. The number of rotatable bonds is 4. The van der Waals surface area contributed by atoms with Gasteiger partial charge in [0.15, 0.2) is 0 Å². The number of halogens is 1. The minimum absolute atomic E-state index is 0.111. The van der Waals surface area contributed by atoms with Crippen LogP contribution in [0.5, 0.6) is 0 Å². The van der Waals surface area contributed by atoms with E-state index in [9.17, 15) is 0 Å². The molecule has 1 aromatic carbocycles. The van der Waals surface area contributed by atoms with Crippen LogP contribution in [0.15, 0.2) is 33.9 Å². The average molecular weight is 266 g/mol. The van der Waals surface area contributed by atoms with Crippen LogP contribution in [0.25, 0.3) is 10.4 Å². The summed E-state index contributed by atoms with van der Waals surface area (Å²) in [6.07, 6.45) is 0. The van der Waals surface area contributed by atoms with Gasteiger partial charge in [-0.2, -0.15) is 5.26 Å². The summed E-state index contributed by atoms with van der Waals surface area (Å²) < 4.78 is 0.924. The number of azide groups is 1. The highest BCUT2D eigenvalue weighted by Gasteiger charge is 2.05. The first-order chi connectivity index (χ1) is 7.26. The van der Waals surface area contributed by atoms with E-state index in [0.29, 0.717) is 0 Å². The fraction of sp³-hybridized carbons (Fsp3) is 0.222. The third-order valence-electron chi connectivity index (χ3n) is 1.65. The van der Waals surface area contributed by atoms with E-state index in [1.165, 1.54) is 0 Å². The van der Waals surface area contributed by atoms with Gasteiger partial charge < -0.3 is 5.32 Å². The molecule has 0 aliphatic rings. The molecule has 1 atom stereocenters. The number of nitrogens with one attached hydrogen (secondary N) is 1. The third-order valence-corrected chi connectivity index (χ3v) is 2.14. The van der Waals surface area contributed by atoms with E-state index in [1.54, 1.807) is 0 Å². The number of hydrogen-bond donors (Lipinski definition) is 1. The van der Waals surface area contributed by atoms with Crippen molar-refractivity contribution in [3.63, 3.8) is 0 Å². The Labute approximate surface area is 95.5 Å². The molecule has 1 rings (SSSR count). The van der Waals surface area contributed by atoms with Crippen molar-refractivity contribution in [2.45, 2.75) is 6.04 Å². The summed E-state index contributed by atoms with van der Waals surface area (Å²) in [5, 5.41) is 15.1. The molecule has 0 spiro atoms. The molecule has 0 radical (unpaired) electrons. The molecule has 0 aromatic heterocycles. The standard InChI is InChI=1S/C9H8BrN5/c10-7-2-1-3-8(4-7)14-9(5-11)6-13-15-12/h1-4,9,14H,6H2. The summed E-state index contributed by atoms with van der Waals surface area (Å²) in [7, 11) is 0. The molecule has 0 bridgehead atoms. The van der Waals surface area contributed by atoms with E-state index < -0.39 is 6.04 Å². The van der Waals surface area contributed by atoms with E-state index in [-0.39, 0.29) is 6.54 Å². The van der Waals surface area contributed by atoms with Crippen LogP contribution < -0.4 is 5.32 Å². The number of nitriles is 1. The average Bonchev–Trinajstić information content (AvgIpc) is 2.24. The Hall–Kier alpha value is -1.70. The number of anilines is 1. The highest BCUT2D eigenvalue weighted by molar-refractivity contribution is 9.10. The molecule has 0 saturated carbocycles. The van der Waals surface area contributed by atoms with Gasteiger partial charge in [0, 0.05) is 15.1 Å². The monoisotopic (exact) mass is 265 g/mol. The molecule has 0 heterocycles. The topological polar surface area (TPSA) is 84.6 Å². The molecular weight excluding hydrogens is 258 g/mol. The van der Waals surface area contributed by atoms with Crippen molar-refractivity contribution in [2.75, 3.05) is 11.9 Å². The second-order valence-corrected chi connectivity index (χ2v) is 3.67. The summed E-state index contributed by atoms with van der Waals surface area (Å²) >= 11 is 3.32. The van der Waals surface area contributed by atoms with Crippen molar-refractivity contribution in [3.05, 3.63) is 39.2 Å². The second kappa shape index (κ2) is 5.91. The van der Waals surface area contributed by atoms with Gasteiger partial charge in [0.2, 0.25) is 0 Å². The maximum atomic E-state index is 8.78. The first kappa shape index (κ1) is 11.4. The molecule has 0 aliphatic carbocycles. The third kappa shape index (κ3) is 3.90. The summed E-state index contributed by atoms with van der Waals surface area (Å²) in [6.45, 7) is 0.111. The smallest absolute Gasteiger partial charge is 0.120 e. The van der Waals surface area contributed by atoms with Crippen molar-refractivity contribution in [1.82, 2.24) is 0 Å². The van der Waals surface area contributed by atoms with Gasteiger partial charge in [-0.15, -0.1) is 0 Å². The van der Waals surface area contributed by atoms with Crippen LogP contribution in [0.4, 0.5) is 5.69 Å². The molecule has 0 fully saturated rings. The lowest BCUT2D eigenvalue weighted by atomic mass is 10.2. The van der Waals surface area contributed by atoms with Crippen molar-refractivity contribution >= 4 is 21.6 Å². The van der Waals surface area contributed by atoms with Gasteiger partial charge in [-0.05, 0) is 23.7 Å². The van der Waals surface area contributed by atoms with Crippen LogP contribution in [-0.2, 0) is 0 Å². The lowest BCUT2D eigenvalue weighted by molar-refractivity contribution is 0.880. The Morgan fingerprint density at radius 3 is 3.07 bits per heavy atom. The molecule has 6 heteroatoms. The molecule has 1 aromatic rings. The molecule has 0 amide bonds. The van der Waals surface area contributed by atoms with Crippen molar-refractivity contribution in [3.8, 4) is 6.07 Å². The first-order valence-electron chi connectivity index (χ1n) is 4.19. The first-order valence-corrected chi connectivity index (χ1v) is 4.98. The van der Waals surface area contributed by atoms with E-state index >= 15 is 0 Å². The number of nitrogens with zero attached hydrogens (tertiary/aromatic N) is 4. The SMILES string of the molecule is N#CC(CN=[N+]=[N-])Nc1cccc(Br)c1. The Morgan fingerprint density at radius 1 is 1.67 bits per heavy atom. The van der Waals surface area contributed by atoms with Gasteiger partial charge >= 0.3 is 0 Å². The fourth-order valence-electron chi connectivity index (χ4n) is 1.02. The molecule has 5 nitrogen and oxygen atoms in total. The van der Waals surface area contributed by atoms with Gasteiger partial charge in [0.25, 0.3) is 0 Å². The Balaban J connectivity index is 2.67. The van der Waals surface area contributed by atoms with Crippen LogP contribution >= 0.6 is 15.9 Å². The molecule has 76 valence electrons. The van der Waals surface area contributed by atoms with Gasteiger partial charge in [0.1, 0.15) is 6.04 Å². The van der Waals surface area contributed by atoms with E-state index in [4.69, 9.17) is 10.8 Å². The summed E-state index contributed by atoms with van der Waals surface area (Å²) in [5.41, 5.74) is 8.94. The van der Waals surface area contributed by atoms with Crippen molar-refractivity contribution < 1.29 is 0 Å². The normalized spacial score (nSPS) is 10.9. The molecule has 1 unspecified atom stereocenters. The molecule has 15 heavy (non-hydrogen) atoms. The number of benzene rings is 1. The quantitative estimate of drug-likeness (QED) is 0.516. The fourth-order valence-corrected chi connectivity index (χ4v) is 1.42. The van der Waals surface area contributed by atoms with Crippen molar-refractivity contribution in [2.24, 2.45) is 5.11 Å². The Kier molecular flexibility index (Phi) is 4.48. The van der Waals surface area contributed by atoms with Gasteiger partial charge in [-0.25, -0.2) is 0 Å². The van der Waals surface area contributed by atoms with Gasteiger partial charge in [0.05, 0.1) is 12.6 Å². The van der Waals surface area contributed by atoms with Crippen LogP contribution in [0.2, 0.25) is 0 Å². The van der Waals surface area contributed by atoms with Crippen LogP contribution in [-0.4, -0.2) is 12.6 Å². The lowest BCUT2D eigenvalue weighted by Gasteiger charge is -2.10. The van der Waals surface area contributed by atoms with Crippen molar-refractivity contribution in [1.29, 1.82) is 5.26 Å². The van der Waals surface area contributed by atoms with Crippen LogP contribution in [0.3, 0.4) is 0 Å². The summed E-state index contributed by atoms with van der Waals surface area (Å²) in [5.74, 6) is 0. The van der Waals surface area contributed by atoms with E-state index in [0.717, 1.165) is 10.2 Å². The zero-order valence-electron chi connectivity index (χ0n) is 7.76. The predicted molar refractivity (Wildman–Crippen MR) is 61.2 cm³/mol. The summed E-state index contributed by atoms with van der Waals surface area (Å²) in [4.78, 5) is 2.61. The molecular formula is C9H8BrN5. The predicted octanol–water partition coefficient (Wildman–Crippen LogP) is 3.06. The maximum Gasteiger partial charge on any atom is 0.120 e. The Morgan fingerprint density at radius 2 is 2.47 bits per heavy atom. The molecule has 1 N–H and O–H groups in total. The van der Waals surface area contributed by atoms with E-state index in [2.05, 4.69) is 31.3 Å². The second-order valence-electron chi connectivity index (χ2n) is 2.75. The molecule has 0 saturated heterocycles. The molecule has 0 aliphatic heterocycles. The maximum absolute atomic E-state index is 8.78. The lowest BCUT2D eigenvalue weighted by Crippen LogP contribution is -2.20. The largest absolute Gasteiger partial charge is 0.370 e. The van der Waals surface area contributed by atoms with Gasteiger partial charge in [-0.1, -0.05) is 27.1 Å².